The van der Waals surface area contributed by atoms with Gasteiger partial charge in [0, 0.05) is 16.2 Å². The van der Waals surface area contributed by atoms with Crippen molar-refractivity contribution in [2.75, 3.05) is 0 Å². The van der Waals surface area contributed by atoms with Gasteiger partial charge >= 0.3 is 5.97 Å². The Bertz CT molecular complexity index is 454. The van der Waals surface area contributed by atoms with Crippen LogP contribution >= 0.6 is 11.6 Å². The zero-order valence-electron chi connectivity index (χ0n) is 7.71. The molecule has 0 aromatic heterocycles. The summed E-state index contributed by atoms with van der Waals surface area (Å²) in [5.74, 6) is -1.48. The Kier molecular flexibility index (Phi) is 2.49. The Balaban J connectivity index is 2.47. The normalized spacial score (nSPS) is 15.7. The molecule has 1 aliphatic rings. The van der Waals surface area contributed by atoms with Crippen molar-refractivity contribution in [3.05, 3.63) is 40.4 Å². The molecule has 0 saturated heterocycles. The lowest BCUT2D eigenvalue weighted by Gasteiger charge is -2.08. The minimum absolute atomic E-state index is 0.170. The summed E-state index contributed by atoms with van der Waals surface area (Å²) in [5.41, 5.74) is 1.58. The Morgan fingerprint density at radius 2 is 2.27 bits per heavy atom. The summed E-state index contributed by atoms with van der Waals surface area (Å²) in [5, 5.41) is 9.00. The van der Waals surface area contributed by atoms with Crippen molar-refractivity contribution in [1.29, 1.82) is 0 Å². The van der Waals surface area contributed by atoms with Crippen molar-refractivity contribution < 1.29 is 14.3 Å². The summed E-state index contributed by atoms with van der Waals surface area (Å²) >= 11 is 5.91. The summed E-state index contributed by atoms with van der Waals surface area (Å²) in [4.78, 5) is 10.5. The van der Waals surface area contributed by atoms with E-state index in [1.54, 1.807) is 18.2 Å². The summed E-state index contributed by atoms with van der Waals surface area (Å²) < 4.78 is 13.4. The molecule has 0 heterocycles. The molecule has 1 aromatic rings. The van der Waals surface area contributed by atoms with Gasteiger partial charge in [-0.15, -0.1) is 0 Å². The number of halogens is 2. The number of fused-ring (bicyclic) bond motifs is 1. The first kappa shape index (κ1) is 10.2. The highest BCUT2D eigenvalue weighted by Crippen LogP contribution is 2.36. The van der Waals surface area contributed by atoms with E-state index in [1.807, 2.05) is 6.07 Å². The van der Waals surface area contributed by atoms with Crippen molar-refractivity contribution >= 4 is 23.1 Å². The van der Waals surface area contributed by atoms with Gasteiger partial charge in [0.25, 0.3) is 0 Å². The first-order valence-electron chi connectivity index (χ1n) is 4.46. The van der Waals surface area contributed by atoms with Gasteiger partial charge in [0.15, 0.2) is 0 Å². The molecule has 2 nitrogen and oxygen atoms in total. The van der Waals surface area contributed by atoms with Crippen molar-refractivity contribution in [3.8, 4) is 0 Å². The van der Waals surface area contributed by atoms with Crippen LogP contribution in [0.15, 0.2) is 24.3 Å². The zero-order chi connectivity index (χ0) is 11.0. The highest BCUT2D eigenvalue weighted by Gasteiger charge is 2.28. The lowest BCUT2D eigenvalue weighted by atomic mass is 10.0. The topological polar surface area (TPSA) is 37.3 Å². The predicted molar refractivity (Wildman–Crippen MR) is 55.7 cm³/mol. The second kappa shape index (κ2) is 3.66. The first-order valence-corrected chi connectivity index (χ1v) is 4.83. The van der Waals surface area contributed by atoms with Crippen LogP contribution in [-0.4, -0.2) is 17.2 Å². The van der Waals surface area contributed by atoms with Crippen LogP contribution in [0.5, 0.6) is 0 Å². The molecule has 0 saturated carbocycles. The third-order valence-corrected chi connectivity index (χ3v) is 2.74. The van der Waals surface area contributed by atoms with Crippen LogP contribution in [0.1, 0.15) is 11.1 Å². The van der Waals surface area contributed by atoms with Crippen LogP contribution in [0.4, 0.5) is 4.39 Å². The number of rotatable bonds is 2. The van der Waals surface area contributed by atoms with Crippen LogP contribution in [0.2, 0.25) is 5.02 Å². The minimum atomic E-state index is -1.99. The Labute approximate surface area is 91.0 Å². The van der Waals surface area contributed by atoms with E-state index < -0.39 is 12.1 Å². The number of hydrogen-bond acceptors (Lipinski definition) is 1. The predicted octanol–water partition coefficient (Wildman–Crippen LogP) is 2.70. The summed E-state index contributed by atoms with van der Waals surface area (Å²) in [6, 6.07) is 5.22. The van der Waals surface area contributed by atoms with Crippen LogP contribution in [0.25, 0.3) is 5.57 Å². The van der Waals surface area contributed by atoms with Crippen molar-refractivity contribution in [3.63, 3.8) is 0 Å². The van der Waals surface area contributed by atoms with Gasteiger partial charge in [0.2, 0.25) is 6.17 Å². The maximum absolute atomic E-state index is 13.4. The fourth-order valence-electron chi connectivity index (χ4n) is 1.75. The number of carboxylic acid groups (broad SMARTS) is 1. The number of allylic oxidation sites excluding steroid dienone is 1. The summed E-state index contributed by atoms with van der Waals surface area (Å²) in [7, 11) is 0. The Hall–Kier alpha value is -1.35. The van der Waals surface area contributed by atoms with Crippen LogP contribution in [0, 0.1) is 0 Å². The smallest absolute Gasteiger partial charge is 0.343 e. The largest absolute Gasteiger partial charge is 0.479 e. The Morgan fingerprint density at radius 3 is 2.93 bits per heavy atom. The fourth-order valence-corrected chi connectivity index (χ4v) is 2.05. The van der Waals surface area contributed by atoms with E-state index in [2.05, 4.69) is 0 Å². The Morgan fingerprint density at radius 1 is 1.53 bits per heavy atom. The maximum Gasteiger partial charge on any atom is 0.343 e. The van der Waals surface area contributed by atoms with E-state index >= 15 is 0 Å². The SMILES string of the molecule is O=C(O)C(F)C1=CCc2cccc(Cl)c21. The molecule has 0 aliphatic heterocycles. The molecule has 1 aromatic carbocycles. The van der Waals surface area contributed by atoms with Gasteiger partial charge in [-0.3, -0.25) is 0 Å². The third kappa shape index (κ3) is 1.63. The molecule has 0 spiro atoms. The van der Waals surface area contributed by atoms with E-state index in [4.69, 9.17) is 16.7 Å². The monoisotopic (exact) mass is 226 g/mol. The molecule has 1 atom stereocenters. The minimum Gasteiger partial charge on any atom is -0.479 e. The second-order valence-corrected chi connectivity index (χ2v) is 3.75. The van der Waals surface area contributed by atoms with E-state index in [1.165, 1.54) is 0 Å². The average molecular weight is 227 g/mol. The van der Waals surface area contributed by atoms with E-state index in [0.29, 0.717) is 17.0 Å². The molecule has 78 valence electrons. The first-order chi connectivity index (χ1) is 7.11. The molecule has 1 unspecified atom stereocenters. The maximum atomic E-state index is 13.4. The number of alkyl halides is 1. The molecule has 1 N–H and O–H groups in total. The van der Waals surface area contributed by atoms with Gasteiger partial charge in [-0.25, -0.2) is 9.18 Å². The quantitative estimate of drug-likeness (QED) is 0.842. The number of benzene rings is 1. The average Bonchev–Trinajstić information content (AvgIpc) is 2.61. The van der Waals surface area contributed by atoms with Gasteiger partial charge < -0.3 is 5.11 Å². The van der Waals surface area contributed by atoms with Gasteiger partial charge in [-0.05, 0) is 18.1 Å². The molecule has 2 rings (SSSR count). The lowest BCUT2D eigenvalue weighted by Crippen LogP contribution is -2.15. The van der Waals surface area contributed by atoms with Crippen molar-refractivity contribution in [2.45, 2.75) is 12.6 Å². The van der Waals surface area contributed by atoms with Crippen LogP contribution in [0.3, 0.4) is 0 Å². The molecule has 0 bridgehead atoms. The molecule has 1 aliphatic carbocycles. The third-order valence-electron chi connectivity index (χ3n) is 2.42. The molecule has 15 heavy (non-hydrogen) atoms. The van der Waals surface area contributed by atoms with Crippen molar-refractivity contribution in [2.24, 2.45) is 0 Å². The highest BCUT2D eigenvalue weighted by atomic mass is 35.5. The van der Waals surface area contributed by atoms with Gasteiger partial charge in [0.05, 0.1) is 0 Å². The second-order valence-electron chi connectivity index (χ2n) is 3.34. The molecule has 0 fully saturated rings. The van der Waals surface area contributed by atoms with E-state index in [9.17, 15) is 9.18 Å². The van der Waals surface area contributed by atoms with Crippen molar-refractivity contribution in [1.82, 2.24) is 0 Å². The summed E-state index contributed by atoms with van der Waals surface area (Å²) in [6.07, 6.45) is 0.125. The van der Waals surface area contributed by atoms with Gasteiger partial charge in [-0.1, -0.05) is 29.8 Å². The number of carboxylic acids is 1. The highest BCUT2D eigenvalue weighted by molar-refractivity contribution is 6.32. The van der Waals surface area contributed by atoms with Gasteiger partial charge in [0.1, 0.15) is 0 Å². The number of carbonyl (C=O) groups is 1. The van der Waals surface area contributed by atoms with E-state index in [-0.39, 0.29) is 5.57 Å². The number of aliphatic carboxylic acids is 1. The standard InChI is InChI=1S/C11H8ClFO2/c12-8-3-1-2-6-4-5-7(9(6)8)10(13)11(14)15/h1-3,5,10H,4H2,(H,14,15). The molecule has 0 radical (unpaired) electrons. The van der Waals surface area contributed by atoms with E-state index in [0.717, 1.165) is 5.56 Å². The molecule has 4 heteroatoms. The number of hydrogen-bond donors (Lipinski definition) is 1. The van der Waals surface area contributed by atoms with Crippen LogP contribution < -0.4 is 0 Å². The lowest BCUT2D eigenvalue weighted by molar-refractivity contribution is -0.140. The van der Waals surface area contributed by atoms with Gasteiger partial charge in [-0.2, -0.15) is 0 Å². The molecular formula is C11H8ClFO2. The summed E-state index contributed by atoms with van der Waals surface area (Å²) in [6.45, 7) is 0. The fraction of sp³-hybridized carbons (Fsp3) is 0.182. The molecular weight excluding hydrogens is 219 g/mol. The zero-order valence-corrected chi connectivity index (χ0v) is 8.46. The molecule has 0 amide bonds. The van der Waals surface area contributed by atoms with Crippen LogP contribution in [-0.2, 0) is 11.2 Å².